The molecule has 0 saturated carbocycles. The summed E-state index contributed by atoms with van der Waals surface area (Å²) in [5.41, 5.74) is 1.59. The molecule has 4 nitrogen and oxygen atoms in total. The second kappa shape index (κ2) is 12.2. The highest BCUT2D eigenvalue weighted by molar-refractivity contribution is 5.17. The Morgan fingerprint density at radius 2 is 0.583 bits per heavy atom. The zero-order chi connectivity index (χ0) is 37.1. The first-order valence-electron chi connectivity index (χ1n) is 20.3. The molecule has 0 N–H and O–H groups in total. The first kappa shape index (κ1) is 40.6. The van der Waals surface area contributed by atoms with Crippen molar-refractivity contribution >= 4 is 0 Å². The van der Waals surface area contributed by atoms with E-state index >= 15 is 0 Å². The number of nitrogens with zero attached hydrogens (tertiary/aromatic N) is 4. The van der Waals surface area contributed by atoms with Gasteiger partial charge in [0.05, 0.1) is 0 Å². The normalized spacial score (nSPS) is 32.7. The molecule has 0 spiro atoms. The van der Waals surface area contributed by atoms with Gasteiger partial charge in [-0.2, -0.15) is 0 Å². The summed E-state index contributed by atoms with van der Waals surface area (Å²) in [6.45, 7) is 43.8. The van der Waals surface area contributed by atoms with Crippen LogP contribution in [0.25, 0.3) is 0 Å². The monoisotopic (exact) mass is 671 g/mol. The standard InChI is InChI=1S/C44H86N4/c1-22-35(31-23-36(2,3)45(18)37(4,5)24-31)44(32-25-38(6,7)46(19)39(8,9)26-32,33-27-40(10,11)47(20)41(12,13)28-33)34-29-42(14,15)48(21)43(16,17)30-34/h31-35H,22-30H2,1-21H3. The van der Waals surface area contributed by atoms with Crippen LogP contribution >= 0.6 is 0 Å². The van der Waals surface area contributed by atoms with Crippen molar-refractivity contribution in [1.82, 2.24) is 19.6 Å². The minimum atomic E-state index is 0.161. The SMILES string of the molecule is CCC(C1CC(C)(C)N(C)C(C)(C)C1)C(C1CC(C)(C)N(C)C(C)(C)C1)(C1CC(C)(C)N(C)C(C)(C)C1)C1CC(C)(C)N(C)C(C)(C)C1. The third-order valence-electron chi connectivity index (χ3n) is 17.0. The van der Waals surface area contributed by atoms with E-state index in [0.717, 1.165) is 5.92 Å². The highest BCUT2D eigenvalue weighted by Gasteiger charge is 2.65. The lowest BCUT2D eigenvalue weighted by Crippen LogP contribution is -2.70. The van der Waals surface area contributed by atoms with Crippen LogP contribution < -0.4 is 0 Å². The predicted octanol–water partition coefficient (Wildman–Crippen LogP) is 10.6. The highest BCUT2D eigenvalue weighted by Crippen LogP contribution is 2.68. The zero-order valence-corrected chi connectivity index (χ0v) is 36.5. The van der Waals surface area contributed by atoms with Crippen LogP contribution in [0.1, 0.15) is 175 Å². The van der Waals surface area contributed by atoms with Gasteiger partial charge in [-0.1, -0.05) is 13.3 Å². The van der Waals surface area contributed by atoms with Crippen molar-refractivity contribution in [3.8, 4) is 0 Å². The Bertz CT molecular complexity index is 980. The van der Waals surface area contributed by atoms with Gasteiger partial charge < -0.3 is 0 Å². The van der Waals surface area contributed by atoms with E-state index in [9.17, 15) is 0 Å². The van der Waals surface area contributed by atoms with Gasteiger partial charge in [-0.15, -0.1) is 0 Å². The predicted molar refractivity (Wildman–Crippen MR) is 211 cm³/mol. The topological polar surface area (TPSA) is 13.0 Å². The average molecular weight is 671 g/mol. The summed E-state index contributed by atoms with van der Waals surface area (Å²) >= 11 is 0. The van der Waals surface area contributed by atoms with Gasteiger partial charge in [0.25, 0.3) is 0 Å². The Morgan fingerprint density at radius 1 is 0.396 bits per heavy atom. The summed E-state index contributed by atoms with van der Waals surface area (Å²) in [6, 6.07) is 0. The fourth-order valence-electron chi connectivity index (χ4n) is 13.9. The van der Waals surface area contributed by atoms with Gasteiger partial charge >= 0.3 is 0 Å². The molecule has 0 aromatic heterocycles. The molecule has 4 aliphatic rings. The minimum Gasteiger partial charge on any atom is -0.296 e. The molecule has 4 fully saturated rings. The van der Waals surface area contributed by atoms with Crippen LogP contribution in [-0.2, 0) is 0 Å². The van der Waals surface area contributed by atoms with E-state index in [1.54, 1.807) is 0 Å². The van der Waals surface area contributed by atoms with Crippen LogP contribution in [0.2, 0.25) is 0 Å². The molecule has 1 unspecified atom stereocenters. The number of hydrogen-bond donors (Lipinski definition) is 0. The van der Waals surface area contributed by atoms with Gasteiger partial charge in [-0.3, -0.25) is 19.6 Å². The van der Waals surface area contributed by atoms with E-state index in [0.29, 0.717) is 23.7 Å². The van der Waals surface area contributed by atoms with E-state index in [4.69, 9.17) is 0 Å². The second-order valence-corrected chi connectivity index (χ2v) is 23.2. The summed E-state index contributed by atoms with van der Waals surface area (Å²) in [4.78, 5) is 11.0. The van der Waals surface area contributed by atoms with Crippen molar-refractivity contribution < 1.29 is 0 Å². The summed E-state index contributed by atoms with van der Waals surface area (Å²) < 4.78 is 0. The fourth-order valence-corrected chi connectivity index (χ4v) is 13.9. The van der Waals surface area contributed by atoms with Crippen LogP contribution in [0, 0.1) is 35.0 Å². The van der Waals surface area contributed by atoms with E-state index in [1.807, 2.05) is 0 Å². The Labute approximate surface area is 301 Å². The van der Waals surface area contributed by atoms with Crippen molar-refractivity contribution in [2.75, 3.05) is 28.2 Å². The molecule has 0 aromatic carbocycles. The molecular formula is C44H86N4. The smallest absolute Gasteiger partial charge is 0.0158 e. The first-order valence-corrected chi connectivity index (χ1v) is 20.3. The Kier molecular flexibility index (Phi) is 10.3. The molecule has 0 aliphatic carbocycles. The van der Waals surface area contributed by atoms with Crippen LogP contribution in [0.15, 0.2) is 0 Å². The largest absolute Gasteiger partial charge is 0.296 e. The van der Waals surface area contributed by atoms with Gasteiger partial charge in [0.15, 0.2) is 0 Å². The molecule has 48 heavy (non-hydrogen) atoms. The molecule has 4 rings (SSSR count). The molecule has 1 atom stereocenters. The van der Waals surface area contributed by atoms with Crippen LogP contribution in [0.5, 0.6) is 0 Å². The molecule has 4 aliphatic heterocycles. The van der Waals surface area contributed by atoms with Gasteiger partial charge in [-0.05, 0) is 225 Å². The first-order chi connectivity index (χ1) is 21.3. The van der Waals surface area contributed by atoms with Gasteiger partial charge in [0, 0.05) is 44.3 Å². The maximum absolute atomic E-state index is 2.76. The Morgan fingerprint density at radius 3 is 0.771 bits per heavy atom. The lowest BCUT2D eigenvalue weighted by Gasteiger charge is -2.70. The number of rotatable bonds is 6. The molecular weight excluding hydrogens is 585 g/mol. The van der Waals surface area contributed by atoms with Crippen molar-refractivity contribution in [2.24, 2.45) is 35.0 Å². The van der Waals surface area contributed by atoms with Crippen molar-refractivity contribution in [1.29, 1.82) is 0 Å². The summed E-state index contributed by atoms with van der Waals surface area (Å²) in [5, 5.41) is 0. The highest BCUT2D eigenvalue weighted by atomic mass is 15.3. The summed E-state index contributed by atoms with van der Waals surface area (Å²) in [6.07, 6.45) is 11.8. The van der Waals surface area contributed by atoms with Crippen LogP contribution in [0.4, 0.5) is 0 Å². The van der Waals surface area contributed by atoms with Crippen LogP contribution in [-0.4, -0.2) is 92.1 Å². The lowest BCUT2D eigenvalue weighted by molar-refractivity contribution is -0.209. The fraction of sp³-hybridized carbons (Fsp3) is 1.00. The summed E-state index contributed by atoms with van der Waals surface area (Å²) in [7, 11) is 9.71. The van der Waals surface area contributed by atoms with Crippen molar-refractivity contribution in [2.45, 2.75) is 220 Å². The molecule has 282 valence electrons. The molecule has 0 aromatic rings. The molecule has 0 radical (unpaired) electrons. The Hall–Kier alpha value is -0.160. The number of likely N-dealkylation sites (tertiary alicyclic amines) is 4. The molecule has 4 heteroatoms. The van der Waals surface area contributed by atoms with E-state index < -0.39 is 0 Å². The zero-order valence-electron chi connectivity index (χ0n) is 36.5. The summed E-state index contributed by atoms with van der Waals surface area (Å²) in [5.74, 6) is 3.49. The molecule has 0 amide bonds. The van der Waals surface area contributed by atoms with E-state index in [-0.39, 0.29) is 49.7 Å². The third-order valence-corrected chi connectivity index (χ3v) is 17.0. The molecule has 4 heterocycles. The van der Waals surface area contributed by atoms with E-state index in [2.05, 4.69) is 165 Å². The minimum absolute atomic E-state index is 0.161. The van der Waals surface area contributed by atoms with Crippen LogP contribution in [0.3, 0.4) is 0 Å². The van der Waals surface area contributed by atoms with Gasteiger partial charge in [0.2, 0.25) is 0 Å². The third kappa shape index (κ3) is 6.64. The maximum atomic E-state index is 2.76. The second-order valence-electron chi connectivity index (χ2n) is 23.2. The maximum Gasteiger partial charge on any atom is 0.0158 e. The van der Waals surface area contributed by atoms with Gasteiger partial charge in [0.1, 0.15) is 0 Å². The quantitative estimate of drug-likeness (QED) is 0.279. The average Bonchev–Trinajstić information content (AvgIpc) is 2.89. The number of piperidine rings is 4. The molecule has 4 saturated heterocycles. The van der Waals surface area contributed by atoms with Crippen molar-refractivity contribution in [3.63, 3.8) is 0 Å². The Balaban J connectivity index is 2.11. The number of hydrogen-bond acceptors (Lipinski definition) is 4. The lowest BCUT2D eigenvalue weighted by atomic mass is 9.40. The van der Waals surface area contributed by atoms with Crippen molar-refractivity contribution in [3.05, 3.63) is 0 Å². The van der Waals surface area contributed by atoms with E-state index in [1.165, 1.54) is 57.8 Å². The molecule has 0 bridgehead atoms. The van der Waals surface area contributed by atoms with Gasteiger partial charge in [-0.25, -0.2) is 0 Å².